The number of fused-ring (bicyclic) bond motifs is 1. The predicted molar refractivity (Wildman–Crippen MR) is 130 cm³/mol. The summed E-state index contributed by atoms with van der Waals surface area (Å²) < 4.78 is 25.2. The Balaban J connectivity index is 1.88. The smallest absolute Gasteiger partial charge is 0.254 e. The van der Waals surface area contributed by atoms with E-state index >= 15 is 0 Å². The number of ether oxygens (including phenoxy) is 2. The summed E-state index contributed by atoms with van der Waals surface area (Å²) in [6, 6.07) is 16.4. The van der Waals surface area contributed by atoms with Gasteiger partial charge in [0.15, 0.2) is 11.5 Å². The fraction of sp³-hybridized carbons (Fsp3) is 0.231. The van der Waals surface area contributed by atoms with Gasteiger partial charge < -0.3 is 19.7 Å². The van der Waals surface area contributed by atoms with E-state index in [1.54, 1.807) is 48.0 Å². The standard InChI is InChI=1S/C26H25FN2O4S/c1-29-24(15-9-11-16(34-4)12-10-15)23(25(30)28-20-8-6-5-7-19(20)27)17-13-21(32-2)22(33-3)14-18(17)26(29)31/h5-14,23-24H,1-4H3,(H,28,30)/t23-,24-/m1/s1. The van der Waals surface area contributed by atoms with E-state index in [2.05, 4.69) is 5.32 Å². The molecule has 34 heavy (non-hydrogen) atoms. The van der Waals surface area contributed by atoms with Crippen molar-refractivity contribution < 1.29 is 23.5 Å². The van der Waals surface area contributed by atoms with Crippen molar-refractivity contribution in [3.63, 3.8) is 0 Å². The zero-order valence-corrected chi connectivity index (χ0v) is 20.1. The van der Waals surface area contributed by atoms with Gasteiger partial charge in [-0.1, -0.05) is 24.3 Å². The van der Waals surface area contributed by atoms with Crippen LogP contribution in [0.1, 0.15) is 33.4 Å². The maximum Gasteiger partial charge on any atom is 0.254 e. The minimum absolute atomic E-state index is 0.0746. The van der Waals surface area contributed by atoms with Crippen LogP contribution in [0.25, 0.3) is 0 Å². The molecule has 0 spiro atoms. The summed E-state index contributed by atoms with van der Waals surface area (Å²) in [6.07, 6.45) is 1.98. The van der Waals surface area contributed by atoms with Crippen molar-refractivity contribution >= 4 is 29.3 Å². The minimum Gasteiger partial charge on any atom is -0.493 e. The number of rotatable bonds is 6. The number of benzene rings is 3. The highest BCUT2D eigenvalue weighted by Gasteiger charge is 2.43. The molecule has 8 heteroatoms. The van der Waals surface area contributed by atoms with E-state index in [4.69, 9.17) is 9.47 Å². The summed E-state index contributed by atoms with van der Waals surface area (Å²) in [5.74, 6) is -1.25. The molecule has 0 aromatic heterocycles. The summed E-state index contributed by atoms with van der Waals surface area (Å²) in [7, 11) is 4.65. The number of hydrogen-bond donors (Lipinski definition) is 1. The number of thioether (sulfide) groups is 1. The first-order valence-electron chi connectivity index (χ1n) is 10.6. The quantitative estimate of drug-likeness (QED) is 0.497. The molecule has 3 aromatic carbocycles. The van der Waals surface area contributed by atoms with Crippen LogP contribution in [-0.4, -0.2) is 44.2 Å². The molecule has 0 unspecified atom stereocenters. The number of carbonyl (C=O) groups is 2. The summed E-state index contributed by atoms with van der Waals surface area (Å²) in [6.45, 7) is 0. The molecule has 2 amide bonds. The van der Waals surface area contributed by atoms with Crippen molar-refractivity contribution in [3.05, 3.63) is 83.2 Å². The van der Waals surface area contributed by atoms with Gasteiger partial charge in [0.2, 0.25) is 5.91 Å². The Morgan fingerprint density at radius 2 is 1.68 bits per heavy atom. The third kappa shape index (κ3) is 4.21. The van der Waals surface area contributed by atoms with E-state index in [1.165, 1.54) is 26.4 Å². The fourth-order valence-electron chi connectivity index (χ4n) is 4.32. The SMILES string of the molecule is COc1cc2c(cc1OC)[C@@H](C(=O)Nc1ccccc1F)[C@@H](c1ccc(SC)cc1)N(C)C2=O. The van der Waals surface area contributed by atoms with Crippen molar-refractivity contribution in [1.82, 2.24) is 4.90 Å². The second kappa shape index (κ2) is 9.77. The van der Waals surface area contributed by atoms with Crippen molar-refractivity contribution in [2.24, 2.45) is 0 Å². The van der Waals surface area contributed by atoms with Crippen molar-refractivity contribution in [2.45, 2.75) is 16.9 Å². The topological polar surface area (TPSA) is 67.9 Å². The minimum atomic E-state index is -0.822. The van der Waals surface area contributed by atoms with E-state index in [0.717, 1.165) is 10.5 Å². The first kappa shape index (κ1) is 23.6. The Bertz CT molecular complexity index is 1230. The number of halogens is 1. The molecular weight excluding hydrogens is 455 g/mol. The number of anilines is 1. The van der Waals surface area contributed by atoms with Crippen LogP contribution in [0.2, 0.25) is 0 Å². The van der Waals surface area contributed by atoms with E-state index < -0.39 is 23.7 Å². The van der Waals surface area contributed by atoms with E-state index in [0.29, 0.717) is 22.6 Å². The summed E-state index contributed by atoms with van der Waals surface area (Å²) in [5, 5.41) is 2.72. The highest BCUT2D eigenvalue weighted by atomic mass is 32.2. The molecule has 0 fully saturated rings. The average Bonchev–Trinajstić information content (AvgIpc) is 2.86. The normalized spacial score (nSPS) is 17.2. The van der Waals surface area contributed by atoms with Gasteiger partial charge in [0.05, 0.1) is 31.9 Å². The monoisotopic (exact) mass is 480 g/mol. The fourth-order valence-corrected chi connectivity index (χ4v) is 4.73. The lowest BCUT2D eigenvalue weighted by molar-refractivity contribution is -0.119. The molecule has 2 atom stereocenters. The first-order chi connectivity index (χ1) is 16.4. The van der Waals surface area contributed by atoms with Gasteiger partial charge in [-0.25, -0.2) is 4.39 Å². The number of nitrogens with zero attached hydrogens (tertiary/aromatic N) is 1. The molecule has 0 saturated carbocycles. The number of carbonyl (C=O) groups excluding carboxylic acids is 2. The summed E-state index contributed by atoms with van der Waals surface area (Å²) in [4.78, 5) is 29.7. The zero-order valence-electron chi connectivity index (χ0n) is 19.3. The molecule has 1 aliphatic heterocycles. The molecular formula is C26H25FN2O4S. The number of nitrogens with one attached hydrogen (secondary N) is 1. The third-order valence-electron chi connectivity index (χ3n) is 6.05. The lowest BCUT2D eigenvalue weighted by atomic mass is 9.79. The highest BCUT2D eigenvalue weighted by Crippen LogP contribution is 2.46. The number of likely N-dealkylation sites (N-methyl/N-ethyl adjacent to an activating group) is 1. The number of methoxy groups -OCH3 is 2. The summed E-state index contributed by atoms with van der Waals surface area (Å²) >= 11 is 1.60. The molecule has 0 saturated heterocycles. The van der Waals surface area contributed by atoms with Crippen LogP contribution in [0, 0.1) is 5.82 Å². The number of para-hydroxylation sites is 1. The maximum atomic E-state index is 14.4. The van der Waals surface area contributed by atoms with Crippen molar-refractivity contribution in [1.29, 1.82) is 0 Å². The van der Waals surface area contributed by atoms with Crippen LogP contribution in [0.3, 0.4) is 0 Å². The molecule has 1 N–H and O–H groups in total. The third-order valence-corrected chi connectivity index (χ3v) is 6.79. The van der Waals surface area contributed by atoms with Crippen LogP contribution in [0.4, 0.5) is 10.1 Å². The Morgan fingerprint density at radius 1 is 1.03 bits per heavy atom. The van der Waals surface area contributed by atoms with Gasteiger partial charge in [0.25, 0.3) is 5.91 Å². The van der Waals surface area contributed by atoms with Gasteiger partial charge in [-0.15, -0.1) is 11.8 Å². The van der Waals surface area contributed by atoms with Crippen LogP contribution >= 0.6 is 11.8 Å². The molecule has 4 rings (SSSR count). The van der Waals surface area contributed by atoms with Crippen LogP contribution in [0.5, 0.6) is 11.5 Å². The molecule has 0 bridgehead atoms. The van der Waals surface area contributed by atoms with E-state index in [-0.39, 0.29) is 11.6 Å². The summed E-state index contributed by atoms with van der Waals surface area (Å²) in [5.41, 5.74) is 1.70. The van der Waals surface area contributed by atoms with Crippen molar-refractivity contribution in [3.8, 4) is 11.5 Å². The second-order valence-electron chi connectivity index (χ2n) is 7.88. The Labute approximate surface area is 202 Å². The Kier molecular flexibility index (Phi) is 6.79. The van der Waals surface area contributed by atoms with Gasteiger partial charge in [-0.3, -0.25) is 9.59 Å². The molecule has 176 valence electrons. The van der Waals surface area contributed by atoms with Gasteiger partial charge in [-0.05, 0) is 53.8 Å². The highest BCUT2D eigenvalue weighted by molar-refractivity contribution is 7.98. The Morgan fingerprint density at radius 3 is 2.29 bits per heavy atom. The van der Waals surface area contributed by atoms with Crippen LogP contribution in [0.15, 0.2) is 65.6 Å². The Hall–Kier alpha value is -3.52. The predicted octanol–water partition coefficient (Wildman–Crippen LogP) is 5.11. The zero-order chi connectivity index (χ0) is 24.4. The van der Waals surface area contributed by atoms with Crippen molar-refractivity contribution in [2.75, 3.05) is 32.8 Å². The molecule has 0 aliphatic carbocycles. The van der Waals surface area contributed by atoms with Crippen LogP contribution < -0.4 is 14.8 Å². The van der Waals surface area contributed by atoms with Gasteiger partial charge in [0, 0.05) is 17.5 Å². The van der Waals surface area contributed by atoms with Gasteiger partial charge >= 0.3 is 0 Å². The molecule has 1 heterocycles. The number of hydrogen-bond acceptors (Lipinski definition) is 5. The molecule has 6 nitrogen and oxygen atoms in total. The second-order valence-corrected chi connectivity index (χ2v) is 8.75. The van der Waals surface area contributed by atoms with Crippen LogP contribution in [-0.2, 0) is 4.79 Å². The first-order valence-corrected chi connectivity index (χ1v) is 11.8. The lowest BCUT2D eigenvalue weighted by Gasteiger charge is -2.40. The van der Waals surface area contributed by atoms with Gasteiger partial charge in [0.1, 0.15) is 5.82 Å². The van der Waals surface area contributed by atoms with E-state index in [9.17, 15) is 14.0 Å². The largest absolute Gasteiger partial charge is 0.493 e. The molecule has 0 radical (unpaired) electrons. The number of amides is 2. The average molecular weight is 481 g/mol. The van der Waals surface area contributed by atoms with Gasteiger partial charge in [-0.2, -0.15) is 0 Å². The molecule has 1 aliphatic rings. The van der Waals surface area contributed by atoms with E-state index in [1.807, 2.05) is 30.5 Å². The molecule has 3 aromatic rings. The lowest BCUT2D eigenvalue weighted by Crippen LogP contribution is -2.44. The maximum absolute atomic E-state index is 14.4.